The van der Waals surface area contributed by atoms with Gasteiger partial charge in [0.25, 0.3) is 0 Å². The van der Waals surface area contributed by atoms with E-state index in [-0.39, 0.29) is 35.4 Å². The predicted molar refractivity (Wildman–Crippen MR) is 136 cm³/mol. The normalized spacial score (nSPS) is 31.3. The maximum absolute atomic E-state index is 13.1. The Kier molecular flexibility index (Phi) is 10.9. The van der Waals surface area contributed by atoms with E-state index >= 15 is 0 Å². The molecule has 0 aromatic rings. The molecule has 200 valence electrons. The van der Waals surface area contributed by atoms with Crippen molar-refractivity contribution in [3.63, 3.8) is 0 Å². The Hall–Kier alpha value is -0.930. The smallest absolute Gasteiger partial charge is 0.238 e. The first-order valence-corrected chi connectivity index (χ1v) is 14.5. The number of nitrogens with one attached hydrogen (secondary N) is 2. The lowest BCUT2D eigenvalue weighted by Gasteiger charge is -2.30. The van der Waals surface area contributed by atoms with Gasteiger partial charge in [-0.05, 0) is 44.9 Å². The molecule has 2 aliphatic heterocycles. The summed E-state index contributed by atoms with van der Waals surface area (Å²) in [5, 5.41) is 5.07. The minimum atomic E-state index is -0.0119. The van der Waals surface area contributed by atoms with Crippen LogP contribution in [0.2, 0.25) is 0 Å². The minimum absolute atomic E-state index is 0.00253. The van der Waals surface area contributed by atoms with E-state index in [4.69, 9.17) is 21.1 Å². The standard InChI is InChI=1S/C26H45ClN4O4/c27-23-11-4-5-12-24(23)34-15-13-25(32)29-20-16-28-31(17-20)19-26(33)30-14-7-6-10-22(18-30)35-21-8-2-1-3-9-21/h20-24,28H,1-19H2,(H,29,32). The summed E-state index contributed by atoms with van der Waals surface area (Å²) in [4.78, 5) is 27.4. The van der Waals surface area contributed by atoms with Gasteiger partial charge in [-0.1, -0.05) is 32.1 Å². The summed E-state index contributed by atoms with van der Waals surface area (Å²) in [6.45, 7) is 3.50. The van der Waals surface area contributed by atoms with Crippen molar-refractivity contribution in [3.8, 4) is 0 Å². The summed E-state index contributed by atoms with van der Waals surface area (Å²) in [6.07, 6.45) is 14.6. The molecular weight excluding hydrogens is 468 g/mol. The molecule has 35 heavy (non-hydrogen) atoms. The van der Waals surface area contributed by atoms with Crippen molar-refractivity contribution in [1.82, 2.24) is 20.7 Å². The number of nitrogens with zero attached hydrogens (tertiary/aromatic N) is 2. The molecule has 2 heterocycles. The van der Waals surface area contributed by atoms with Crippen LogP contribution in [-0.2, 0) is 19.1 Å². The van der Waals surface area contributed by atoms with Crippen molar-refractivity contribution < 1.29 is 19.1 Å². The summed E-state index contributed by atoms with van der Waals surface area (Å²) >= 11 is 6.33. The van der Waals surface area contributed by atoms with Gasteiger partial charge in [-0.15, -0.1) is 11.6 Å². The number of likely N-dealkylation sites (tertiary alicyclic amines) is 1. The summed E-state index contributed by atoms with van der Waals surface area (Å²) in [5.74, 6) is 0.127. The molecule has 4 rings (SSSR count). The average Bonchev–Trinajstić information content (AvgIpc) is 3.14. The highest BCUT2D eigenvalue weighted by Crippen LogP contribution is 2.26. The number of hydrazine groups is 1. The van der Waals surface area contributed by atoms with Crippen LogP contribution in [0.1, 0.15) is 83.5 Å². The molecule has 4 fully saturated rings. The van der Waals surface area contributed by atoms with Crippen molar-refractivity contribution >= 4 is 23.4 Å². The van der Waals surface area contributed by atoms with E-state index in [9.17, 15) is 9.59 Å². The number of carbonyl (C=O) groups excluding carboxylic acids is 2. The second kappa shape index (κ2) is 14.1. The van der Waals surface area contributed by atoms with Crippen molar-refractivity contribution in [2.45, 2.75) is 113 Å². The number of alkyl halides is 1. The Bertz CT molecular complexity index is 678. The first kappa shape index (κ1) is 27.1. The monoisotopic (exact) mass is 512 g/mol. The number of carbonyl (C=O) groups is 2. The van der Waals surface area contributed by atoms with Gasteiger partial charge in [0.05, 0.1) is 42.9 Å². The average molecular weight is 513 g/mol. The van der Waals surface area contributed by atoms with Crippen molar-refractivity contribution in [3.05, 3.63) is 0 Å². The quantitative estimate of drug-likeness (QED) is 0.462. The van der Waals surface area contributed by atoms with E-state index < -0.39 is 0 Å². The van der Waals surface area contributed by atoms with Gasteiger partial charge in [0.15, 0.2) is 0 Å². The molecule has 2 saturated carbocycles. The molecule has 2 saturated heterocycles. The molecule has 4 atom stereocenters. The van der Waals surface area contributed by atoms with Crippen LogP contribution in [0, 0.1) is 0 Å². The van der Waals surface area contributed by atoms with Gasteiger partial charge >= 0.3 is 0 Å². The Morgan fingerprint density at radius 1 is 0.914 bits per heavy atom. The Balaban J connectivity index is 1.13. The highest BCUT2D eigenvalue weighted by Gasteiger charge is 2.30. The Morgan fingerprint density at radius 3 is 2.49 bits per heavy atom. The maximum Gasteiger partial charge on any atom is 0.238 e. The van der Waals surface area contributed by atoms with E-state index in [0.717, 1.165) is 64.3 Å². The number of amides is 2. The molecule has 4 unspecified atom stereocenters. The van der Waals surface area contributed by atoms with Crippen LogP contribution < -0.4 is 10.7 Å². The van der Waals surface area contributed by atoms with Crippen LogP contribution in [0.15, 0.2) is 0 Å². The molecule has 4 aliphatic rings. The molecule has 2 amide bonds. The number of hydrogen-bond acceptors (Lipinski definition) is 6. The zero-order valence-corrected chi connectivity index (χ0v) is 22.0. The first-order chi connectivity index (χ1) is 17.1. The third-order valence-electron chi connectivity index (χ3n) is 7.89. The molecule has 2 N–H and O–H groups in total. The van der Waals surface area contributed by atoms with Gasteiger partial charge in [0, 0.05) is 32.6 Å². The highest BCUT2D eigenvalue weighted by atomic mass is 35.5. The fourth-order valence-electron chi connectivity index (χ4n) is 5.87. The number of ether oxygens (including phenoxy) is 2. The summed E-state index contributed by atoms with van der Waals surface area (Å²) in [7, 11) is 0. The minimum Gasteiger partial charge on any atom is -0.376 e. The van der Waals surface area contributed by atoms with Gasteiger partial charge in [-0.2, -0.15) is 0 Å². The van der Waals surface area contributed by atoms with E-state index in [1.54, 1.807) is 0 Å². The zero-order chi connectivity index (χ0) is 24.5. The van der Waals surface area contributed by atoms with Crippen LogP contribution in [0.4, 0.5) is 0 Å². The predicted octanol–water partition coefficient (Wildman–Crippen LogP) is 2.98. The summed E-state index contributed by atoms with van der Waals surface area (Å²) in [5.41, 5.74) is 3.28. The molecule has 9 heteroatoms. The highest BCUT2D eigenvalue weighted by molar-refractivity contribution is 6.21. The number of halogens is 1. The number of hydrogen-bond donors (Lipinski definition) is 2. The van der Waals surface area contributed by atoms with Crippen LogP contribution in [-0.4, -0.2) is 90.8 Å². The summed E-state index contributed by atoms with van der Waals surface area (Å²) in [6, 6.07) is -0.00253. The Morgan fingerprint density at radius 2 is 1.66 bits per heavy atom. The lowest BCUT2D eigenvalue weighted by atomic mass is 9.97. The molecular formula is C26H45ClN4O4. The molecule has 2 aliphatic carbocycles. The van der Waals surface area contributed by atoms with Crippen LogP contribution >= 0.6 is 11.6 Å². The molecule has 0 aromatic heterocycles. The van der Waals surface area contributed by atoms with E-state index in [0.29, 0.717) is 45.3 Å². The molecule has 0 aromatic carbocycles. The third kappa shape index (κ3) is 8.85. The van der Waals surface area contributed by atoms with Crippen molar-refractivity contribution in [1.29, 1.82) is 0 Å². The van der Waals surface area contributed by atoms with Gasteiger partial charge in [0.1, 0.15) is 0 Å². The van der Waals surface area contributed by atoms with Gasteiger partial charge in [-0.3, -0.25) is 15.0 Å². The molecule has 0 radical (unpaired) electrons. The van der Waals surface area contributed by atoms with Crippen LogP contribution in [0.5, 0.6) is 0 Å². The molecule has 0 bridgehead atoms. The molecule has 8 nitrogen and oxygen atoms in total. The largest absolute Gasteiger partial charge is 0.376 e. The van der Waals surface area contributed by atoms with Gasteiger partial charge < -0.3 is 19.7 Å². The van der Waals surface area contributed by atoms with Crippen LogP contribution in [0.25, 0.3) is 0 Å². The van der Waals surface area contributed by atoms with Crippen LogP contribution in [0.3, 0.4) is 0 Å². The Labute approximate surface area is 215 Å². The SMILES string of the molecule is O=C(CCOC1CCCCC1Cl)NC1CNN(CC(=O)N2CCCCC(OC3CCCCC3)C2)C1. The lowest BCUT2D eigenvalue weighted by Crippen LogP contribution is -2.46. The summed E-state index contributed by atoms with van der Waals surface area (Å²) < 4.78 is 12.3. The third-order valence-corrected chi connectivity index (χ3v) is 8.39. The van der Waals surface area contributed by atoms with E-state index in [1.165, 1.54) is 19.3 Å². The fourth-order valence-corrected chi connectivity index (χ4v) is 6.22. The lowest BCUT2D eigenvalue weighted by molar-refractivity contribution is -0.135. The van der Waals surface area contributed by atoms with Gasteiger partial charge in [-0.25, -0.2) is 5.01 Å². The van der Waals surface area contributed by atoms with E-state index in [1.807, 2.05) is 9.91 Å². The van der Waals surface area contributed by atoms with Crippen molar-refractivity contribution in [2.75, 3.05) is 39.3 Å². The first-order valence-electron chi connectivity index (χ1n) is 14.0. The second-order valence-electron chi connectivity index (χ2n) is 10.8. The fraction of sp³-hybridized carbons (Fsp3) is 0.923. The number of rotatable bonds is 9. The molecule has 0 spiro atoms. The van der Waals surface area contributed by atoms with Crippen molar-refractivity contribution in [2.24, 2.45) is 0 Å². The zero-order valence-electron chi connectivity index (χ0n) is 21.2. The second-order valence-corrected chi connectivity index (χ2v) is 11.4. The topological polar surface area (TPSA) is 83.1 Å². The van der Waals surface area contributed by atoms with Gasteiger partial charge in [0.2, 0.25) is 11.8 Å². The van der Waals surface area contributed by atoms with E-state index in [2.05, 4.69) is 10.7 Å². The maximum atomic E-state index is 13.1.